The van der Waals surface area contributed by atoms with E-state index < -0.39 is 5.97 Å². The highest BCUT2D eigenvalue weighted by molar-refractivity contribution is 14.1. The van der Waals surface area contributed by atoms with Crippen LogP contribution >= 0.6 is 22.6 Å². The number of benzene rings is 1. The molecule has 0 bridgehead atoms. The molecule has 0 radical (unpaired) electrons. The summed E-state index contributed by atoms with van der Waals surface area (Å²) < 4.78 is 5.62. The molecule has 1 aromatic rings. The number of ether oxygens (including phenoxy) is 1. The number of nitriles is 1. The van der Waals surface area contributed by atoms with E-state index in [9.17, 15) is 4.79 Å². The third-order valence-electron chi connectivity index (χ3n) is 2.08. The molecule has 1 rings (SSSR count). The van der Waals surface area contributed by atoms with Gasteiger partial charge in [-0.2, -0.15) is 5.26 Å². The normalized spacial score (nSPS) is 9.47. The Balaban J connectivity index is 3.45. The molecule has 3 nitrogen and oxygen atoms in total. The largest absolute Gasteiger partial charge is 0.465 e. The molecule has 0 aromatic heterocycles. The lowest BCUT2D eigenvalue weighted by Crippen LogP contribution is -2.08. The fourth-order valence-electron chi connectivity index (χ4n) is 1.37. The van der Waals surface area contributed by atoms with Crippen molar-refractivity contribution in [1.29, 1.82) is 5.26 Å². The lowest BCUT2D eigenvalue weighted by molar-refractivity contribution is 0.0599. The van der Waals surface area contributed by atoms with Crippen molar-refractivity contribution in [1.82, 2.24) is 0 Å². The van der Waals surface area contributed by atoms with E-state index in [4.69, 9.17) is 5.26 Å². The van der Waals surface area contributed by atoms with E-state index in [1.807, 2.05) is 19.1 Å². The second-order valence-corrected chi connectivity index (χ2v) is 4.19. The second kappa shape index (κ2) is 5.12. The summed E-state index contributed by atoms with van der Waals surface area (Å²) in [6.07, 6.45) is 0.704. The van der Waals surface area contributed by atoms with E-state index in [0.29, 0.717) is 17.5 Å². The fraction of sp³-hybridized carbons (Fsp3) is 0.273. The number of methoxy groups -OCH3 is 1. The predicted octanol–water partition coefficient (Wildman–Crippen LogP) is 2.51. The van der Waals surface area contributed by atoms with Crippen LogP contribution in [0.4, 0.5) is 0 Å². The maximum absolute atomic E-state index is 11.5. The summed E-state index contributed by atoms with van der Waals surface area (Å²) >= 11 is 2.13. The lowest BCUT2D eigenvalue weighted by atomic mass is 10.00. The Hall–Kier alpha value is -1.09. The summed E-state index contributed by atoms with van der Waals surface area (Å²) in [6, 6.07) is 5.60. The van der Waals surface area contributed by atoms with Crippen LogP contribution < -0.4 is 0 Å². The number of hydrogen-bond donors (Lipinski definition) is 0. The molecular weight excluding hydrogens is 305 g/mol. The molecule has 1 aromatic carbocycles. The molecule has 0 unspecified atom stereocenters. The minimum absolute atomic E-state index is 0.380. The standard InChI is InChI=1S/C11H10INO2/c1-3-7-4-9(12)5-8(6-13)10(7)11(14)15-2/h4-5H,3H2,1-2H3. The first kappa shape index (κ1) is 12.0. The van der Waals surface area contributed by atoms with Gasteiger partial charge in [0.2, 0.25) is 0 Å². The molecule has 0 fully saturated rings. The predicted molar refractivity (Wildman–Crippen MR) is 64.6 cm³/mol. The quantitative estimate of drug-likeness (QED) is 0.622. The Bertz CT molecular complexity index is 435. The smallest absolute Gasteiger partial charge is 0.339 e. The average molecular weight is 315 g/mol. The van der Waals surface area contributed by atoms with Gasteiger partial charge in [0.15, 0.2) is 0 Å². The van der Waals surface area contributed by atoms with Crippen molar-refractivity contribution in [2.24, 2.45) is 0 Å². The van der Waals surface area contributed by atoms with Crippen LogP contribution in [0.15, 0.2) is 12.1 Å². The summed E-state index contributed by atoms with van der Waals surface area (Å²) in [6.45, 7) is 1.94. The van der Waals surface area contributed by atoms with Gasteiger partial charge in [-0.25, -0.2) is 4.79 Å². The van der Waals surface area contributed by atoms with Gasteiger partial charge in [-0.1, -0.05) is 6.92 Å². The highest BCUT2D eigenvalue weighted by atomic mass is 127. The highest BCUT2D eigenvalue weighted by Crippen LogP contribution is 2.20. The monoisotopic (exact) mass is 315 g/mol. The minimum atomic E-state index is -0.445. The van der Waals surface area contributed by atoms with Crippen LogP contribution in [0.2, 0.25) is 0 Å². The molecule has 0 saturated carbocycles. The molecule has 0 amide bonds. The van der Waals surface area contributed by atoms with Crippen LogP contribution in [0.1, 0.15) is 28.4 Å². The molecule has 15 heavy (non-hydrogen) atoms. The van der Waals surface area contributed by atoms with E-state index in [1.54, 1.807) is 6.07 Å². The van der Waals surface area contributed by atoms with Crippen LogP contribution in [0.3, 0.4) is 0 Å². The Morgan fingerprint density at radius 2 is 2.27 bits per heavy atom. The van der Waals surface area contributed by atoms with Gasteiger partial charge in [0.25, 0.3) is 0 Å². The molecule has 0 N–H and O–H groups in total. The zero-order chi connectivity index (χ0) is 11.4. The molecule has 0 spiro atoms. The number of rotatable bonds is 2. The van der Waals surface area contributed by atoms with E-state index in [0.717, 1.165) is 9.13 Å². The second-order valence-electron chi connectivity index (χ2n) is 2.94. The molecule has 4 heteroatoms. The van der Waals surface area contributed by atoms with E-state index in [2.05, 4.69) is 27.3 Å². The molecule has 0 aliphatic heterocycles. The Morgan fingerprint density at radius 3 is 2.73 bits per heavy atom. The number of carbonyl (C=O) groups is 1. The van der Waals surface area contributed by atoms with Crippen molar-refractivity contribution in [2.45, 2.75) is 13.3 Å². The highest BCUT2D eigenvalue weighted by Gasteiger charge is 2.16. The van der Waals surface area contributed by atoms with E-state index in [1.165, 1.54) is 7.11 Å². The summed E-state index contributed by atoms with van der Waals surface area (Å²) in [5.41, 5.74) is 1.62. The first-order valence-electron chi connectivity index (χ1n) is 4.44. The molecule has 0 heterocycles. The Labute approximate surface area is 102 Å². The van der Waals surface area contributed by atoms with Crippen molar-refractivity contribution in [3.05, 3.63) is 32.4 Å². The number of nitrogens with zero attached hydrogens (tertiary/aromatic N) is 1. The Morgan fingerprint density at radius 1 is 1.60 bits per heavy atom. The minimum Gasteiger partial charge on any atom is -0.465 e. The van der Waals surface area contributed by atoms with Gasteiger partial charge < -0.3 is 4.74 Å². The van der Waals surface area contributed by atoms with Gasteiger partial charge in [0.1, 0.15) is 6.07 Å². The maximum atomic E-state index is 11.5. The van der Waals surface area contributed by atoms with Gasteiger partial charge in [-0.15, -0.1) is 0 Å². The number of halogens is 1. The molecule has 0 aliphatic rings. The van der Waals surface area contributed by atoms with Crippen LogP contribution in [-0.2, 0) is 11.2 Å². The first-order chi connectivity index (χ1) is 7.13. The lowest BCUT2D eigenvalue weighted by Gasteiger charge is -2.08. The van der Waals surface area contributed by atoms with Crippen LogP contribution in [0.25, 0.3) is 0 Å². The maximum Gasteiger partial charge on any atom is 0.339 e. The van der Waals surface area contributed by atoms with Crippen molar-refractivity contribution in [3.63, 3.8) is 0 Å². The molecule has 0 atom stereocenters. The van der Waals surface area contributed by atoms with Gasteiger partial charge >= 0.3 is 5.97 Å². The number of hydrogen-bond acceptors (Lipinski definition) is 3. The third kappa shape index (κ3) is 2.48. The zero-order valence-corrected chi connectivity index (χ0v) is 10.7. The molecule has 78 valence electrons. The van der Waals surface area contributed by atoms with Crippen LogP contribution in [0.5, 0.6) is 0 Å². The van der Waals surface area contributed by atoms with Gasteiger partial charge in [-0.3, -0.25) is 0 Å². The summed E-state index contributed by atoms with van der Waals surface area (Å²) in [7, 11) is 1.32. The number of carbonyl (C=O) groups excluding carboxylic acids is 1. The molecule has 0 saturated heterocycles. The zero-order valence-electron chi connectivity index (χ0n) is 8.50. The van der Waals surface area contributed by atoms with Crippen molar-refractivity contribution in [2.75, 3.05) is 7.11 Å². The first-order valence-corrected chi connectivity index (χ1v) is 5.52. The van der Waals surface area contributed by atoms with Gasteiger partial charge in [0, 0.05) is 3.57 Å². The number of esters is 1. The van der Waals surface area contributed by atoms with E-state index >= 15 is 0 Å². The van der Waals surface area contributed by atoms with Gasteiger partial charge in [0.05, 0.1) is 18.2 Å². The van der Waals surface area contributed by atoms with Crippen LogP contribution in [0, 0.1) is 14.9 Å². The van der Waals surface area contributed by atoms with E-state index in [-0.39, 0.29) is 0 Å². The van der Waals surface area contributed by atoms with Gasteiger partial charge in [-0.05, 0) is 46.7 Å². The SMILES string of the molecule is CCc1cc(I)cc(C#N)c1C(=O)OC. The summed E-state index contributed by atoms with van der Waals surface area (Å²) in [5.74, 6) is -0.445. The fourth-order valence-corrected chi connectivity index (χ4v) is 2.06. The number of aryl methyl sites for hydroxylation is 1. The van der Waals surface area contributed by atoms with Crippen LogP contribution in [-0.4, -0.2) is 13.1 Å². The van der Waals surface area contributed by atoms with Crippen molar-refractivity contribution in [3.8, 4) is 6.07 Å². The van der Waals surface area contributed by atoms with Crippen molar-refractivity contribution >= 4 is 28.6 Å². The summed E-state index contributed by atoms with van der Waals surface area (Å²) in [5, 5.41) is 8.95. The Kier molecular flexibility index (Phi) is 4.09. The third-order valence-corrected chi connectivity index (χ3v) is 2.70. The van der Waals surface area contributed by atoms with Crippen molar-refractivity contribution < 1.29 is 9.53 Å². The molecular formula is C11H10INO2. The average Bonchev–Trinajstić information content (AvgIpc) is 2.26. The summed E-state index contributed by atoms with van der Waals surface area (Å²) in [4.78, 5) is 11.5. The molecule has 0 aliphatic carbocycles. The topological polar surface area (TPSA) is 50.1 Å².